The summed E-state index contributed by atoms with van der Waals surface area (Å²) in [6.45, 7) is 2.05. The van der Waals surface area contributed by atoms with Crippen molar-refractivity contribution in [2.45, 2.75) is 6.92 Å². The average Bonchev–Trinajstić information content (AvgIpc) is 3.47. The van der Waals surface area contributed by atoms with Gasteiger partial charge in [0, 0.05) is 54.5 Å². The maximum Gasteiger partial charge on any atom is 0.143 e. The van der Waals surface area contributed by atoms with Gasteiger partial charge in [-0.15, -0.1) is 71.3 Å². The molecule has 0 bridgehead atoms. The molecule has 0 aliphatic rings. The van der Waals surface area contributed by atoms with Gasteiger partial charge in [0.1, 0.15) is 11.2 Å². The van der Waals surface area contributed by atoms with Gasteiger partial charge in [0.15, 0.2) is 0 Å². The third-order valence-electron chi connectivity index (χ3n) is 6.30. The van der Waals surface area contributed by atoms with Crippen LogP contribution in [0.15, 0.2) is 126 Å². The first-order valence-corrected chi connectivity index (χ1v) is 12.5. The van der Waals surface area contributed by atoms with Crippen molar-refractivity contribution < 1.29 is 31.4 Å². The number of aromatic nitrogens is 2. The summed E-state index contributed by atoms with van der Waals surface area (Å²) < 4.78 is 46.9. The van der Waals surface area contributed by atoms with Crippen molar-refractivity contribution in [3.8, 4) is 39.7 Å². The Morgan fingerprint density at radius 1 is 0.805 bits per heavy atom. The van der Waals surface area contributed by atoms with Gasteiger partial charge in [-0.25, -0.2) is 0 Å². The van der Waals surface area contributed by atoms with Gasteiger partial charge in [0.25, 0.3) is 0 Å². The molecule has 0 amide bonds. The average molecular weight is 711 g/mol. The number of nitriles is 1. The van der Waals surface area contributed by atoms with Crippen molar-refractivity contribution in [2.75, 3.05) is 0 Å². The third kappa shape index (κ3) is 5.71. The van der Waals surface area contributed by atoms with Crippen molar-refractivity contribution in [1.29, 1.82) is 5.26 Å². The van der Waals surface area contributed by atoms with E-state index in [0.717, 1.165) is 22.2 Å². The number of rotatable bonds is 3. The zero-order valence-corrected chi connectivity index (χ0v) is 24.1. The predicted molar refractivity (Wildman–Crippen MR) is 159 cm³/mol. The monoisotopic (exact) mass is 711 g/mol. The second-order valence-electron chi connectivity index (χ2n) is 8.89. The molecule has 0 saturated heterocycles. The topological polar surface area (TPSA) is 62.7 Å². The van der Waals surface area contributed by atoms with Crippen molar-refractivity contribution in [3.05, 3.63) is 145 Å². The summed E-state index contributed by atoms with van der Waals surface area (Å²) in [5.41, 5.74) is 5.51. The molecule has 0 atom stereocenters. The summed E-state index contributed by atoms with van der Waals surface area (Å²) in [6, 6.07) is 30.5. The van der Waals surface area contributed by atoms with Crippen LogP contribution in [0.5, 0.6) is 0 Å². The van der Waals surface area contributed by atoms with Crippen LogP contribution in [0.3, 0.4) is 0 Å². The minimum absolute atomic E-state index is 0. The smallest absolute Gasteiger partial charge is 0.143 e. The van der Waals surface area contributed by atoms with Crippen LogP contribution in [0, 0.1) is 30.4 Å². The van der Waals surface area contributed by atoms with Crippen molar-refractivity contribution in [1.82, 2.24) is 9.97 Å². The van der Waals surface area contributed by atoms with Crippen molar-refractivity contribution in [3.63, 3.8) is 0 Å². The Balaban J connectivity index is 0.000000250. The number of pyridine rings is 2. The minimum Gasteiger partial charge on any atom is -0.463 e. The molecule has 3 aromatic heterocycles. The molecule has 0 unspecified atom stereocenters. The van der Waals surface area contributed by atoms with Crippen LogP contribution in [-0.2, 0) is 20.1 Å². The molecular weight excluding hydrogens is 683 g/mol. The summed E-state index contributed by atoms with van der Waals surface area (Å²) in [7, 11) is 0. The molecular formula is C36H23IrN3O-2. The molecule has 0 spiro atoms. The van der Waals surface area contributed by atoms with E-state index in [-0.39, 0.29) is 42.4 Å². The fraction of sp³-hybridized carbons (Fsp3) is 0.0278. The van der Waals surface area contributed by atoms with Gasteiger partial charge in [-0.3, -0.25) is 0 Å². The zero-order valence-electron chi connectivity index (χ0n) is 26.7. The number of benzene rings is 4. The minimum atomic E-state index is -0.495. The molecule has 0 aliphatic heterocycles. The molecule has 0 saturated carbocycles. The molecule has 3 heterocycles. The molecule has 0 aliphatic carbocycles. The number of furan rings is 1. The van der Waals surface area contributed by atoms with E-state index >= 15 is 0 Å². The summed E-state index contributed by atoms with van der Waals surface area (Å²) >= 11 is 0. The number of hydrogen-bond acceptors (Lipinski definition) is 4. The van der Waals surface area contributed by atoms with Gasteiger partial charge in [-0.2, -0.15) is 5.26 Å². The van der Waals surface area contributed by atoms with Gasteiger partial charge < -0.3 is 14.4 Å². The summed E-state index contributed by atoms with van der Waals surface area (Å²) in [4.78, 5) is 8.69. The van der Waals surface area contributed by atoms with E-state index in [1.165, 1.54) is 5.56 Å². The van der Waals surface area contributed by atoms with E-state index in [1.807, 2.05) is 48.5 Å². The van der Waals surface area contributed by atoms with Crippen LogP contribution >= 0.6 is 0 Å². The maximum absolute atomic E-state index is 9.76. The summed E-state index contributed by atoms with van der Waals surface area (Å²) in [6.07, 6.45) is 3.44. The first kappa shape index (κ1) is 21.9. The second-order valence-corrected chi connectivity index (χ2v) is 8.89. The van der Waals surface area contributed by atoms with Gasteiger partial charge in [0.05, 0.1) is 18.5 Å². The Labute approximate surface area is 259 Å². The third-order valence-corrected chi connectivity index (χ3v) is 6.30. The van der Waals surface area contributed by atoms with Gasteiger partial charge >= 0.3 is 0 Å². The fourth-order valence-corrected chi connectivity index (χ4v) is 4.40. The van der Waals surface area contributed by atoms with Crippen molar-refractivity contribution in [2.24, 2.45) is 0 Å². The number of hydrogen-bond donors (Lipinski definition) is 0. The molecule has 41 heavy (non-hydrogen) atoms. The molecule has 0 N–H and O–H groups in total. The van der Waals surface area contributed by atoms with Crippen LogP contribution in [0.25, 0.3) is 55.6 Å². The number of fused-ring (bicyclic) bond motifs is 3. The number of aryl methyl sites for hydroxylation is 1. The Bertz CT molecular complexity index is 2200. The van der Waals surface area contributed by atoms with Crippen LogP contribution in [-0.4, -0.2) is 9.97 Å². The van der Waals surface area contributed by atoms with E-state index in [1.54, 1.807) is 36.7 Å². The molecule has 4 aromatic carbocycles. The molecule has 5 heteroatoms. The predicted octanol–water partition coefficient (Wildman–Crippen LogP) is 8.84. The van der Waals surface area contributed by atoms with Crippen LogP contribution < -0.4 is 0 Å². The zero-order chi connectivity index (χ0) is 31.7. The van der Waals surface area contributed by atoms with Crippen molar-refractivity contribution >= 4 is 21.9 Å². The maximum atomic E-state index is 9.76. The Morgan fingerprint density at radius 3 is 2.34 bits per heavy atom. The fourth-order valence-electron chi connectivity index (χ4n) is 4.40. The van der Waals surface area contributed by atoms with E-state index in [0.29, 0.717) is 16.7 Å². The first-order chi connectivity index (χ1) is 21.8. The van der Waals surface area contributed by atoms with Crippen LogP contribution in [0.1, 0.15) is 18.0 Å². The number of nitrogens with zero attached hydrogens (tertiary/aromatic N) is 3. The molecule has 4 nitrogen and oxygen atoms in total. The van der Waals surface area contributed by atoms with E-state index < -0.39 is 30.2 Å². The van der Waals surface area contributed by atoms with E-state index in [9.17, 15) is 5.26 Å². The van der Waals surface area contributed by atoms with E-state index in [4.69, 9.17) is 11.3 Å². The van der Waals surface area contributed by atoms with Gasteiger partial charge in [0.2, 0.25) is 0 Å². The molecule has 1 radical (unpaired) electrons. The summed E-state index contributed by atoms with van der Waals surface area (Å²) in [5, 5.41) is 11.1. The largest absolute Gasteiger partial charge is 0.463 e. The van der Waals surface area contributed by atoms with Gasteiger partial charge in [-0.05, 0) is 35.5 Å². The SMILES string of the molecule is Cc1c[c-]c(-c2ccccn2)cc1.[2H]c1c([2H])c([2H])c(-c2c(C#N)ccc3c2oc2c(-c4[c-]cccc4)nccc23)c([2H])c1[2H].[Ir]. The molecule has 199 valence electrons. The quantitative estimate of drug-likeness (QED) is 0.172. The Morgan fingerprint density at radius 2 is 1.63 bits per heavy atom. The summed E-state index contributed by atoms with van der Waals surface area (Å²) in [5.74, 6) is 0. The van der Waals surface area contributed by atoms with Crippen LogP contribution in [0.4, 0.5) is 0 Å². The second kappa shape index (κ2) is 12.5. The Hall–Kier alpha value is -4.88. The molecule has 7 rings (SSSR count). The Kier molecular flexibility index (Phi) is 6.69. The first-order valence-electron chi connectivity index (χ1n) is 15.0. The standard InChI is InChI=1S/C24H13N2O.C12H10N.Ir/c25-15-18-11-12-19-20-13-14-26-22(17-9-5-2-6-10-17)24(20)27-23(19)21(18)16-7-3-1-4-8-16;1-10-5-7-11(8-6-10)12-4-2-3-9-13-12;/h1-9,11-14H;2-7,9H,1H3;/q2*-1;/i1D,3D,4D,7D,8D;;. The van der Waals surface area contributed by atoms with E-state index in [2.05, 4.69) is 41.2 Å². The molecule has 7 aromatic rings. The normalized spacial score (nSPS) is 12.0. The molecule has 0 fully saturated rings. The van der Waals surface area contributed by atoms with Gasteiger partial charge in [-0.1, -0.05) is 49.3 Å². The van der Waals surface area contributed by atoms with Crippen LogP contribution in [0.2, 0.25) is 0 Å².